The summed E-state index contributed by atoms with van der Waals surface area (Å²) < 4.78 is 1.97. The van der Waals surface area contributed by atoms with Crippen LogP contribution in [0.25, 0.3) is 5.65 Å². The van der Waals surface area contributed by atoms with Gasteiger partial charge in [-0.15, -0.1) is 0 Å². The highest BCUT2D eigenvalue weighted by atomic mass is 15.0. The summed E-state index contributed by atoms with van der Waals surface area (Å²) in [5, 5.41) is 0. The van der Waals surface area contributed by atoms with Gasteiger partial charge in [-0.3, -0.25) is 0 Å². The zero-order valence-corrected chi connectivity index (χ0v) is 9.17. The molecule has 1 aromatic carbocycles. The van der Waals surface area contributed by atoms with Crippen LogP contribution in [0.3, 0.4) is 0 Å². The summed E-state index contributed by atoms with van der Waals surface area (Å²) in [6.45, 7) is 0. The smallest absolute Gasteiger partial charge is 0.138 e. The van der Waals surface area contributed by atoms with Crippen molar-refractivity contribution in [2.24, 2.45) is 0 Å². The van der Waals surface area contributed by atoms with E-state index in [4.69, 9.17) is 0 Å². The van der Waals surface area contributed by atoms with Crippen LogP contribution in [0, 0.1) is 11.8 Å². The number of benzene rings is 1. The molecular weight excluding hydrogens is 208 g/mol. The maximum absolute atomic E-state index is 4.42. The van der Waals surface area contributed by atoms with Crippen LogP contribution < -0.4 is 0 Å². The lowest BCUT2D eigenvalue weighted by atomic mass is 10.2. The first kappa shape index (κ1) is 9.68. The molecule has 0 aliphatic carbocycles. The number of imidazole rings is 1. The summed E-state index contributed by atoms with van der Waals surface area (Å²) in [5.41, 5.74) is 2.72. The summed E-state index contributed by atoms with van der Waals surface area (Å²) in [4.78, 5) is 4.42. The molecule has 0 unspecified atom stereocenters. The Morgan fingerprint density at radius 3 is 2.53 bits per heavy atom. The SMILES string of the molecule is C(#Cc1cn2ccccc2n1)c1ccccc1. The molecule has 2 heteroatoms. The second-order valence-corrected chi connectivity index (χ2v) is 3.71. The molecule has 2 nitrogen and oxygen atoms in total. The number of hydrogen-bond acceptors (Lipinski definition) is 1. The Morgan fingerprint density at radius 2 is 1.71 bits per heavy atom. The van der Waals surface area contributed by atoms with E-state index in [0.29, 0.717) is 0 Å². The molecule has 0 atom stereocenters. The Morgan fingerprint density at radius 1 is 0.882 bits per heavy atom. The minimum atomic E-state index is 0.792. The fourth-order valence-corrected chi connectivity index (χ4v) is 1.65. The van der Waals surface area contributed by atoms with Crippen molar-refractivity contribution in [2.45, 2.75) is 0 Å². The largest absolute Gasteiger partial charge is 0.306 e. The topological polar surface area (TPSA) is 17.3 Å². The lowest BCUT2D eigenvalue weighted by Crippen LogP contribution is -1.77. The number of nitrogens with zero attached hydrogens (tertiary/aromatic N) is 2. The van der Waals surface area contributed by atoms with Crippen molar-refractivity contribution < 1.29 is 0 Å². The maximum Gasteiger partial charge on any atom is 0.138 e. The van der Waals surface area contributed by atoms with E-state index in [1.165, 1.54) is 0 Å². The molecule has 17 heavy (non-hydrogen) atoms. The molecule has 3 aromatic rings. The third-order valence-electron chi connectivity index (χ3n) is 2.47. The van der Waals surface area contributed by atoms with E-state index < -0.39 is 0 Å². The van der Waals surface area contributed by atoms with Crippen LogP contribution in [0.15, 0.2) is 60.9 Å². The van der Waals surface area contributed by atoms with E-state index in [9.17, 15) is 0 Å². The van der Waals surface area contributed by atoms with Crippen molar-refractivity contribution >= 4 is 5.65 Å². The van der Waals surface area contributed by atoms with Gasteiger partial charge in [-0.2, -0.15) is 0 Å². The summed E-state index contributed by atoms with van der Waals surface area (Å²) in [5.74, 6) is 6.16. The minimum Gasteiger partial charge on any atom is -0.306 e. The van der Waals surface area contributed by atoms with Gasteiger partial charge in [0.25, 0.3) is 0 Å². The number of fused-ring (bicyclic) bond motifs is 1. The van der Waals surface area contributed by atoms with Crippen LogP contribution in [0.4, 0.5) is 0 Å². The second-order valence-electron chi connectivity index (χ2n) is 3.71. The molecule has 0 bridgehead atoms. The van der Waals surface area contributed by atoms with Crippen LogP contribution >= 0.6 is 0 Å². The minimum absolute atomic E-state index is 0.792. The molecule has 0 N–H and O–H groups in total. The highest BCUT2D eigenvalue weighted by molar-refractivity contribution is 5.46. The lowest BCUT2D eigenvalue weighted by Gasteiger charge is -1.86. The zero-order chi connectivity index (χ0) is 11.5. The molecule has 2 aromatic heterocycles. The maximum atomic E-state index is 4.42. The molecule has 0 aliphatic heterocycles. The predicted molar refractivity (Wildman–Crippen MR) is 67.6 cm³/mol. The van der Waals surface area contributed by atoms with Crippen molar-refractivity contribution in [2.75, 3.05) is 0 Å². The van der Waals surface area contributed by atoms with E-state index >= 15 is 0 Å². The molecule has 3 rings (SSSR count). The Hall–Kier alpha value is -2.53. The average Bonchev–Trinajstić information content (AvgIpc) is 2.80. The molecule has 0 spiro atoms. The molecule has 0 aliphatic rings. The first-order valence-corrected chi connectivity index (χ1v) is 5.43. The summed E-state index contributed by atoms with van der Waals surface area (Å²) in [6, 6.07) is 15.8. The number of rotatable bonds is 0. The Bertz CT molecular complexity index is 667. The van der Waals surface area contributed by atoms with Gasteiger partial charge in [-0.05, 0) is 30.2 Å². The predicted octanol–water partition coefficient (Wildman–Crippen LogP) is 2.73. The highest BCUT2D eigenvalue weighted by Crippen LogP contribution is 2.03. The first-order valence-electron chi connectivity index (χ1n) is 5.43. The molecule has 0 fully saturated rings. The van der Waals surface area contributed by atoms with Gasteiger partial charge in [0.2, 0.25) is 0 Å². The normalized spacial score (nSPS) is 9.88. The van der Waals surface area contributed by atoms with Crippen molar-refractivity contribution in [3.63, 3.8) is 0 Å². The number of aromatic nitrogens is 2. The van der Waals surface area contributed by atoms with Gasteiger partial charge in [0.1, 0.15) is 11.3 Å². The van der Waals surface area contributed by atoms with Crippen molar-refractivity contribution in [1.82, 2.24) is 9.38 Å². The van der Waals surface area contributed by atoms with Crippen molar-refractivity contribution in [3.8, 4) is 11.8 Å². The van der Waals surface area contributed by atoms with Gasteiger partial charge < -0.3 is 4.40 Å². The van der Waals surface area contributed by atoms with Gasteiger partial charge in [-0.25, -0.2) is 4.98 Å². The van der Waals surface area contributed by atoms with Crippen LogP contribution in [-0.4, -0.2) is 9.38 Å². The van der Waals surface area contributed by atoms with Crippen molar-refractivity contribution in [1.29, 1.82) is 0 Å². The molecule has 80 valence electrons. The molecule has 0 saturated carbocycles. The average molecular weight is 218 g/mol. The standard InChI is InChI=1S/C15H10N2/c1-2-6-13(7-3-1)9-10-14-12-17-11-5-4-8-15(17)16-14/h1-8,11-12H. The molecule has 0 amide bonds. The third-order valence-corrected chi connectivity index (χ3v) is 2.47. The van der Waals surface area contributed by atoms with Gasteiger partial charge >= 0.3 is 0 Å². The monoisotopic (exact) mass is 218 g/mol. The molecule has 2 heterocycles. The van der Waals surface area contributed by atoms with Crippen LogP contribution in [0.1, 0.15) is 11.3 Å². The van der Waals surface area contributed by atoms with E-state index in [2.05, 4.69) is 16.8 Å². The Kier molecular flexibility index (Phi) is 2.36. The van der Waals surface area contributed by atoms with E-state index in [1.807, 2.05) is 65.3 Å². The quantitative estimate of drug-likeness (QED) is 0.530. The summed E-state index contributed by atoms with van der Waals surface area (Å²) >= 11 is 0. The van der Waals surface area contributed by atoms with Gasteiger partial charge in [0.05, 0.1) is 0 Å². The fourth-order valence-electron chi connectivity index (χ4n) is 1.65. The second kappa shape index (κ2) is 4.15. The van der Waals surface area contributed by atoms with E-state index in [0.717, 1.165) is 16.9 Å². The van der Waals surface area contributed by atoms with Crippen LogP contribution in [0.5, 0.6) is 0 Å². The zero-order valence-electron chi connectivity index (χ0n) is 9.17. The number of hydrogen-bond donors (Lipinski definition) is 0. The summed E-state index contributed by atoms with van der Waals surface area (Å²) in [6.07, 6.45) is 3.90. The molecular formula is C15H10N2. The van der Waals surface area contributed by atoms with Crippen molar-refractivity contribution in [3.05, 3.63) is 72.2 Å². The van der Waals surface area contributed by atoms with Crippen LogP contribution in [-0.2, 0) is 0 Å². The van der Waals surface area contributed by atoms with Gasteiger partial charge in [0, 0.05) is 18.0 Å². The Balaban J connectivity index is 1.98. The molecule has 0 saturated heterocycles. The van der Waals surface area contributed by atoms with Crippen LogP contribution in [0.2, 0.25) is 0 Å². The summed E-state index contributed by atoms with van der Waals surface area (Å²) in [7, 11) is 0. The first-order chi connectivity index (χ1) is 8.42. The third kappa shape index (κ3) is 2.04. The Labute approximate surface area is 99.6 Å². The highest BCUT2D eigenvalue weighted by Gasteiger charge is 1.96. The van der Waals surface area contributed by atoms with E-state index in [-0.39, 0.29) is 0 Å². The number of pyridine rings is 1. The molecule has 0 radical (unpaired) electrons. The van der Waals surface area contributed by atoms with Gasteiger partial charge in [-0.1, -0.05) is 30.2 Å². The van der Waals surface area contributed by atoms with E-state index in [1.54, 1.807) is 0 Å². The fraction of sp³-hybridized carbons (Fsp3) is 0. The lowest BCUT2D eigenvalue weighted by molar-refractivity contribution is 1.19. The van der Waals surface area contributed by atoms with Gasteiger partial charge in [0.15, 0.2) is 0 Å².